The van der Waals surface area contributed by atoms with Gasteiger partial charge in [0.05, 0.1) is 0 Å². The van der Waals surface area contributed by atoms with Crippen molar-refractivity contribution in [1.29, 1.82) is 0 Å². The van der Waals surface area contributed by atoms with Gasteiger partial charge >= 0.3 is 0 Å². The van der Waals surface area contributed by atoms with Gasteiger partial charge in [0.1, 0.15) is 14.8 Å². The average molecular weight is 453 g/mol. The predicted octanol–water partition coefficient (Wildman–Crippen LogP) is 7.40. The zero-order valence-electron chi connectivity index (χ0n) is 17.4. The fourth-order valence-electron chi connectivity index (χ4n) is 2.74. The van der Waals surface area contributed by atoms with E-state index in [0.717, 1.165) is 21.2 Å². The lowest BCUT2D eigenvalue weighted by Crippen LogP contribution is -2.51. The van der Waals surface area contributed by atoms with Crippen molar-refractivity contribution in [3.8, 4) is 0 Å². The normalized spacial score (nSPS) is 21.5. The summed E-state index contributed by atoms with van der Waals surface area (Å²) in [5, 5.41) is 0. The predicted molar refractivity (Wildman–Crippen MR) is 130 cm³/mol. The van der Waals surface area contributed by atoms with E-state index in [0.29, 0.717) is 0 Å². The Balaban J connectivity index is 1.96. The van der Waals surface area contributed by atoms with Crippen LogP contribution in [0.3, 0.4) is 0 Å². The maximum Gasteiger partial charge on any atom is 0.120 e. The molecule has 4 nitrogen and oxygen atoms in total. The molecule has 1 aliphatic heterocycles. The van der Waals surface area contributed by atoms with Crippen molar-refractivity contribution in [2.45, 2.75) is 62.4 Å². The first-order chi connectivity index (χ1) is 13.0. The van der Waals surface area contributed by atoms with Crippen LogP contribution in [0, 0.1) is 0 Å². The molecule has 3 rings (SSSR count). The second-order valence-corrected chi connectivity index (χ2v) is 16.2. The Bertz CT molecular complexity index is 758. The Labute approximate surface area is 180 Å². The van der Waals surface area contributed by atoms with Gasteiger partial charge in [-0.1, -0.05) is 47.0 Å². The summed E-state index contributed by atoms with van der Waals surface area (Å²) >= 11 is 3.82. The van der Waals surface area contributed by atoms with Gasteiger partial charge in [0.2, 0.25) is 0 Å². The summed E-state index contributed by atoms with van der Waals surface area (Å²) in [7, 11) is -1.14. The first-order valence-corrected chi connectivity index (χ1v) is 14.6. The van der Waals surface area contributed by atoms with E-state index in [9.17, 15) is 0 Å². The molecular formula is C20H30N4P2S2. The van der Waals surface area contributed by atoms with Crippen LogP contribution in [0.2, 0.25) is 0 Å². The van der Waals surface area contributed by atoms with E-state index in [1.807, 2.05) is 47.0 Å². The van der Waals surface area contributed by atoms with Crippen LogP contribution in [0.4, 0.5) is 11.4 Å². The van der Waals surface area contributed by atoms with Crippen molar-refractivity contribution in [2.75, 3.05) is 11.5 Å². The lowest BCUT2D eigenvalue weighted by atomic mass is 10.1. The van der Waals surface area contributed by atoms with Gasteiger partial charge in [0, 0.05) is 32.2 Å². The quantitative estimate of drug-likeness (QED) is 0.372. The van der Waals surface area contributed by atoms with Crippen molar-refractivity contribution < 1.29 is 0 Å². The standard InChI is InChI=1S/C20H30N4P2S2/c1-19(2,3)23-25(27-17-13-9-7-11-15(17)21)24(20(4,5)6)26(23)28-18-14-10-8-12-16(18)22/h7-14H,21-22H2,1-6H3. The molecule has 1 heterocycles. The summed E-state index contributed by atoms with van der Waals surface area (Å²) in [4.78, 5) is 2.33. The van der Waals surface area contributed by atoms with Crippen molar-refractivity contribution in [1.82, 2.24) is 8.88 Å². The molecule has 0 amide bonds. The fraction of sp³-hybridized carbons (Fsp3) is 0.400. The van der Waals surface area contributed by atoms with Crippen LogP contribution in [0.25, 0.3) is 0 Å². The summed E-state index contributed by atoms with van der Waals surface area (Å²) in [6, 6.07) is 16.4. The zero-order valence-corrected chi connectivity index (χ0v) is 20.8. The molecule has 8 heteroatoms. The molecule has 0 radical (unpaired) electrons. The molecule has 0 aromatic heterocycles. The Morgan fingerprint density at radius 1 is 0.643 bits per heavy atom. The van der Waals surface area contributed by atoms with Gasteiger partial charge in [0.25, 0.3) is 0 Å². The average Bonchev–Trinajstić information content (AvgIpc) is 2.54. The third-order valence-corrected chi connectivity index (χ3v) is 16.8. The van der Waals surface area contributed by atoms with Gasteiger partial charge in [0.15, 0.2) is 0 Å². The number of rotatable bonds is 4. The summed E-state index contributed by atoms with van der Waals surface area (Å²) < 4.78 is 5.38. The summed E-state index contributed by atoms with van der Waals surface area (Å²) in [5.41, 5.74) is 14.4. The highest BCUT2D eigenvalue weighted by Gasteiger charge is 2.57. The summed E-state index contributed by atoms with van der Waals surface area (Å²) in [6.45, 7) is 13.8. The Morgan fingerprint density at radius 3 is 1.25 bits per heavy atom. The number of hydrogen-bond acceptors (Lipinski definition) is 6. The van der Waals surface area contributed by atoms with E-state index >= 15 is 0 Å². The number of para-hydroxylation sites is 2. The monoisotopic (exact) mass is 452 g/mol. The highest BCUT2D eigenvalue weighted by molar-refractivity contribution is 8.66. The van der Waals surface area contributed by atoms with Gasteiger partial charge in [-0.15, -0.1) is 0 Å². The van der Waals surface area contributed by atoms with Gasteiger partial charge in [-0.3, -0.25) is 0 Å². The minimum atomic E-state index is -0.568. The van der Waals surface area contributed by atoms with Crippen LogP contribution in [0.1, 0.15) is 41.5 Å². The number of hydrogen-bond donors (Lipinski definition) is 2. The second-order valence-electron chi connectivity index (χ2n) is 8.68. The van der Waals surface area contributed by atoms with Gasteiger partial charge in [-0.05, 0) is 65.8 Å². The maximum absolute atomic E-state index is 6.27. The molecule has 4 N–H and O–H groups in total. The highest BCUT2D eigenvalue weighted by Crippen LogP contribution is 2.91. The minimum absolute atomic E-state index is 0.0617. The zero-order chi connectivity index (χ0) is 20.7. The molecule has 0 atom stereocenters. The van der Waals surface area contributed by atoms with E-state index in [2.05, 4.69) is 74.7 Å². The number of nitrogen functional groups attached to an aromatic ring is 2. The van der Waals surface area contributed by atoms with E-state index in [1.165, 1.54) is 0 Å². The number of anilines is 2. The molecule has 0 bridgehead atoms. The van der Waals surface area contributed by atoms with Crippen molar-refractivity contribution in [3.63, 3.8) is 0 Å². The van der Waals surface area contributed by atoms with E-state index in [-0.39, 0.29) is 11.1 Å². The van der Waals surface area contributed by atoms with Crippen LogP contribution >= 0.6 is 37.6 Å². The van der Waals surface area contributed by atoms with Crippen molar-refractivity contribution in [3.05, 3.63) is 48.5 Å². The first-order valence-electron chi connectivity index (χ1n) is 9.25. The Morgan fingerprint density at radius 2 is 0.964 bits per heavy atom. The molecule has 2 aromatic rings. The molecule has 1 fully saturated rings. The molecule has 0 spiro atoms. The fourth-order valence-corrected chi connectivity index (χ4v) is 18.5. The Hall–Kier alpha value is -0.480. The Kier molecular flexibility index (Phi) is 6.61. The molecule has 152 valence electrons. The van der Waals surface area contributed by atoms with E-state index in [1.54, 1.807) is 0 Å². The van der Waals surface area contributed by atoms with Crippen LogP contribution in [0.15, 0.2) is 58.3 Å². The third kappa shape index (κ3) is 4.64. The number of nitrogens with zero attached hydrogens (tertiary/aromatic N) is 2. The molecule has 0 saturated carbocycles. The molecule has 2 aromatic carbocycles. The second kappa shape index (κ2) is 8.34. The summed E-state index contributed by atoms with van der Waals surface area (Å²) in [6.07, 6.45) is 0. The first kappa shape index (κ1) is 22.2. The minimum Gasteiger partial charge on any atom is -0.398 e. The van der Waals surface area contributed by atoms with Gasteiger partial charge in [-0.2, -0.15) is 0 Å². The van der Waals surface area contributed by atoms with Gasteiger partial charge in [-0.25, -0.2) is 8.88 Å². The van der Waals surface area contributed by atoms with E-state index in [4.69, 9.17) is 11.5 Å². The molecular weight excluding hydrogens is 422 g/mol. The molecule has 0 aliphatic carbocycles. The molecule has 1 aliphatic rings. The SMILES string of the molecule is CC(C)(C)N1P(Sc2ccccc2N)N(C(C)(C)C)P1Sc1ccccc1N. The van der Waals surface area contributed by atoms with E-state index < -0.39 is 14.8 Å². The van der Waals surface area contributed by atoms with Crippen LogP contribution in [-0.2, 0) is 0 Å². The topological polar surface area (TPSA) is 58.5 Å². The lowest BCUT2D eigenvalue weighted by molar-refractivity contribution is 0.296. The molecule has 1 saturated heterocycles. The van der Waals surface area contributed by atoms with Crippen LogP contribution in [0.5, 0.6) is 0 Å². The maximum atomic E-state index is 6.27. The summed E-state index contributed by atoms with van der Waals surface area (Å²) in [5.74, 6) is 0. The number of nitrogens with two attached hydrogens (primary N) is 2. The lowest BCUT2D eigenvalue weighted by Gasteiger charge is -2.63. The highest BCUT2D eigenvalue weighted by atomic mass is 32.8. The van der Waals surface area contributed by atoms with Crippen molar-refractivity contribution >= 4 is 49.0 Å². The molecule has 0 unspecified atom stereocenters. The van der Waals surface area contributed by atoms with Crippen LogP contribution in [-0.4, -0.2) is 20.0 Å². The van der Waals surface area contributed by atoms with Gasteiger partial charge < -0.3 is 11.5 Å². The smallest absolute Gasteiger partial charge is 0.120 e. The molecule has 28 heavy (non-hydrogen) atoms. The largest absolute Gasteiger partial charge is 0.398 e. The van der Waals surface area contributed by atoms with Crippen molar-refractivity contribution in [2.24, 2.45) is 0 Å². The third-order valence-electron chi connectivity index (χ3n) is 4.05. The van der Waals surface area contributed by atoms with Crippen LogP contribution < -0.4 is 11.5 Å². The number of benzene rings is 2.